The van der Waals surface area contributed by atoms with Crippen molar-refractivity contribution in [3.05, 3.63) is 190 Å². The zero-order chi connectivity index (χ0) is 32.0. The van der Waals surface area contributed by atoms with Gasteiger partial charge in [-0.2, -0.15) is 0 Å². The molecule has 6 rings (SSSR count). The largest absolute Gasteiger partial charge is 0.457 e. The van der Waals surface area contributed by atoms with Gasteiger partial charge in [-0.3, -0.25) is 14.4 Å². The van der Waals surface area contributed by atoms with Crippen LogP contribution in [0.5, 0.6) is 23.0 Å². The van der Waals surface area contributed by atoms with E-state index in [1.165, 1.54) is 0 Å². The second-order valence-corrected chi connectivity index (χ2v) is 11.0. The highest BCUT2D eigenvalue weighted by molar-refractivity contribution is 6.12. The molecule has 0 amide bonds. The standard InChI is InChI=1S/C41H30O5/c1-27-3-7-29(8-4-27)39(42)30-9-11-31(12-10-30)40(43)32-13-23-37(24-14-32)46-38-25-17-34(18-26-38)41(44)33-15-21-36(22-16-33)45-35-19-5-28(2)6-20-35/h3-26H,1-2H3. The molecule has 0 N–H and O–H groups in total. The molecule has 6 aromatic carbocycles. The van der Waals surface area contributed by atoms with Gasteiger partial charge in [-0.05, 0) is 98.8 Å². The van der Waals surface area contributed by atoms with Crippen LogP contribution in [0, 0.1) is 13.8 Å². The summed E-state index contributed by atoms with van der Waals surface area (Å²) in [6, 6.07) is 42.7. The van der Waals surface area contributed by atoms with Gasteiger partial charge in [0.2, 0.25) is 0 Å². The quantitative estimate of drug-likeness (QED) is 0.146. The van der Waals surface area contributed by atoms with Gasteiger partial charge in [0.1, 0.15) is 23.0 Å². The Morgan fingerprint density at radius 2 is 0.478 bits per heavy atom. The molecule has 0 atom stereocenters. The average Bonchev–Trinajstić information content (AvgIpc) is 3.10. The Morgan fingerprint density at radius 3 is 0.739 bits per heavy atom. The van der Waals surface area contributed by atoms with Crippen LogP contribution >= 0.6 is 0 Å². The molecule has 0 bridgehead atoms. The van der Waals surface area contributed by atoms with Gasteiger partial charge in [0.05, 0.1) is 0 Å². The number of hydrogen-bond donors (Lipinski definition) is 0. The Morgan fingerprint density at radius 1 is 0.304 bits per heavy atom. The SMILES string of the molecule is Cc1ccc(Oc2ccc(C(=O)c3ccc(Oc4ccc(C(=O)c5ccc(C(=O)c6ccc(C)cc6)cc5)cc4)cc3)cc2)cc1. The maximum Gasteiger partial charge on any atom is 0.193 e. The van der Waals surface area contributed by atoms with Crippen molar-refractivity contribution in [1.82, 2.24) is 0 Å². The highest BCUT2D eigenvalue weighted by Crippen LogP contribution is 2.26. The molecule has 0 saturated heterocycles. The van der Waals surface area contributed by atoms with Crippen LogP contribution in [0.2, 0.25) is 0 Å². The lowest BCUT2D eigenvalue weighted by Gasteiger charge is -2.09. The summed E-state index contributed by atoms with van der Waals surface area (Å²) < 4.78 is 11.8. The van der Waals surface area contributed by atoms with Crippen molar-refractivity contribution in [3.63, 3.8) is 0 Å². The van der Waals surface area contributed by atoms with Crippen LogP contribution in [0.4, 0.5) is 0 Å². The summed E-state index contributed by atoms with van der Waals surface area (Å²) >= 11 is 0. The summed E-state index contributed by atoms with van der Waals surface area (Å²) in [6.07, 6.45) is 0. The molecule has 0 aliphatic carbocycles. The summed E-state index contributed by atoms with van der Waals surface area (Å²) in [7, 11) is 0. The Labute approximate surface area is 267 Å². The Balaban J connectivity index is 1.05. The molecule has 0 radical (unpaired) electrons. The van der Waals surface area contributed by atoms with Crippen LogP contribution in [0.25, 0.3) is 0 Å². The van der Waals surface area contributed by atoms with Crippen molar-refractivity contribution in [2.75, 3.05) is 0 Å². The van der Waals surface area contributed by atoms with E-state index in [1.54, 1.807) is 109 Å². The molecule has 6 aromatic rings. The van der Waals surface area contributed by atoms with E-state index >= 15 is 0 Å². The van der Waals surface area contributed by atoms with E-state index in [2.05, 4.69) is 0 Å². The van der Waals surface area contributed by atoms with Crippen molar-refractivity contribution in [2.24, 2.45) is 0 Å². The molecular formula is C41H30O5. The zero-order valence-electron chi connectivity index (χ0n) is 25.4. The first-order valence-electron chi connectivity index (χ1n) is 14.9. The summed E-state index contributed by atoms with van der Waals surface area (Å²) in [5, 5.41) is 0. The number of benzene rings is 6. The Bertz CT molecular complexity index is 1990. The molecule has 0 aliphatic rings. The van der Waals surface area contributed by atoms with E-state index in [0.717, 1.165) is 16.9 Å². The molecule has 0 aromatic heterocycles. The van der Waals surface area contributed by atoms with E-state index in [9.17, 15) is 14.4 Å². The molecule has 0 unspecified atom stereocenters. The first-order valence-corrected chi connectivity index (χ1v) is 14.9. The van der Waals surface area contributed by atoms with Crippen LogP contribution in [-0.4, -0.2) is 17.3 Å². The van der Waals surface area contributed by atoms with E-state index < -0.39 is 0 Å². The lowest BCUT2D eigenvalue weighted by atomic mass is 9.98. The van der Waals surface area contributed by atoms with Crippen LogP contribution in [0.3, 0.4) is 0 Å². The number of ketones is 3. The van der Waals surface area contributed by atoms with E-state index in [0.29, 0.717) is 50.6 Å². The monoisotopic (exact) mass is 602 g/mol. The fraction of sp³-hybridized carbons (Fsp3) is 0.0488. The fourth-order valence-corrected chi connectivity index (χ4v) is 4.88. The Hall–Kier alpha value is -6.07. The maximum absolute atomic E-state index is 13.1. The van der Waals surface area contributed by atoms with Crippen molar-refractivity contribution in [3.8, 4) is 23.0 Å². The van der Waals surface area contributed by atoms with Crippen molar-refractivity contribution < 1.29 is 23.9 Å². The molecule has 0 heterocycles. The second kappa shape index (κ2) is 13.3. The summed E-state index contributed by atoms with van der Waals surface area (Å²) in [4.78, 5) is 38.9. The molecule has 5 nitrogen and oxygen atoms in total. The molecule has 224 valence electrons. The molecule has 0 aliphatic heterocycles. The van der Waals surface area contributed by atoms with E-state index in [4.69, 9.17) is 9.47 Å². The van der Waals surface area contributed by atoms with Gasteiger partial charge in [-0.15, -0.1) is 0 Å². The second-order valence-electron chi connectivity index (χ2n) is 11.0. The minimum absolute atomic E-state index is 0.0868. The van der Waals surface area contributed by atoms with Crippen molar-refractivity contribution in [2.45, 2.75) is 13.8 Å². The lowest BCUT2D eigenvalue weighted by molar-refractivity contribution is 0.102. The number of rotatable bonds is 10. The molecule has 5 heteroatoms. The van der Waals surface area contributed by atoms with Gasteiger partial charge >= 0.3 is 0 Å². The maximum atomic E-state index is 13.1. The van der Waals surface area contributed by atoms with Crippen LogP contribution in [-0.2, 0) is 0 Å². The number of aryl methyl sites for hydroxylation is 2. The Kier molecular flexibility index (Phi) is 8.66. The summed E-state index contributed by atoms with van der Waals surface area (Å²) in [6.45, 7) is 3.99. The topological polar surface area (TPSA) is 69.7 Å². The third kappa shape index (κ3) is 7.01. The molecule has 46 heavy (non-hydrogen) atoms. The molecule has 0 fully saturated rings. The normalized spacial score (nSPS) is 10.7. The van der Waals surface area contributed by atoms with E-state index in [-0.39, 0.29) is 17.3 Å². The minimum Gasteiger partial charge on any atom is -0.457 e. The first kappa shape index (κ1) is 30.0. The number of hydrogen-bond acceptors (Lipinski definition) is 5. The van der Waals surface area contributed by atoms with Crippen LogP contribution in [0.15, 0.2) is 146 Å². The van der Waals surface area contributed by atoms with Crippen LogP contribution < -0.4 is 9.47 Å². The fourth-order valence-electron chi connectivity index (χ4n) is 4.88. The zero-order valence-corrected chi connectivity index (χ0v) is 25.4. The van der Waals surface area contributed by atoms with Gasteiger partial charge in [-0.1, -0.05) is 71.8 Å². The first-order chi connectivity index (χ1) is 22.3. The average molecular weight is 603 g/mol. The van der Waals surface area contributed by atoms with Gasteiger partial charge in [0.25, 0.3) is 0 Å². The van der Waals surface area contributed by atoms with Gasteiger partial charge < -0.3 is 9.47 Å². The summed E-state index contributed by atoms with van der Waals surface area (Å²) in [5.41, 5.74) is 5.45. The smallest absolute Gasteiger partial charge is 0.193 e. The van der Waals surface area contributed by atoms with Crippen molar-refractivity contribution >= 4 is 17.3 Å². The highest BCUT2D eigenvalue weighted by Gasteiger charge is 2.14. The highest BCUT2D eigenvalue weighted by atomic mass is 16.5. The summed E-state index contributed by atoms with van der Waals surface area (Å²) in [5.74, 6) is 2.16. The third-order valence-corrected chi connectivity index (χ3v) is 7.56. The third-order valence-electron chi connectivity index (χ3n) is 7.56. The number of ether oxygens (including phenoxy) is 2. The number of carbonyl (C=O) groups excluding carboxylic acids is 3. The van der Waals surface area contributed by atoms with E-state index in [1.807, 2.05) is 50.2 Å². The van der Waals surface area contributed by atoms with Crippen molar-refractivity contribution in [1.29, 1.82) is 0 Å². The molecule has 0 spiro atoms. The predicted octanol–water partition coefficient (Wildman–Crippen LogP) is 9.58. The molecular weight excluding hydrogens is 572 g/mol. The van der Waals surface area contributed by atoms with Gasteiger partial charge in [0.15, 0.2) is 17.3 Å². The van der Waals surface area contributed by atoms with Gasteiger partial charge in [0, 0.05) is 33.4 Å². The predicted molar refractivity (Wildman–Crippen MR) is 179 cm³/mol. The number of carbonyl (C=O) groups is 3. The lowest BCUT2D eigenvalue weighted by Crippen LogP contribution is -2.04. The van der Waals surface area contributed by atoms with Crippen LogP contribution in [0.1, 0.15) is 58.9 Å². The van der Waals surface area contributed by atoms with Gasteiger partial charge in [-0.25, -0.2) is 0 Å². The minimum atomic E-state index is -0.154. The molecule has 0 saturated carbocycles.